The Labute approximate surface area is 110 Å². The van der Waals surface area contributed by atoms with Gasteiger partial charge < -0.3 is 21.7 Å². The highest BCUT2D eigenvalue weighted by Gasteiger charge is 2.13. The Hall–Kier alpha value is -0.940. The first-order valence-corrected chi connectivity index (χ1v) is 6.43. The summed E-state index contributed by atoms with van der Waals surface area (Å²) in [4.78, 5) is 0. The van der Waals surface area contributed by atoms with Gasteiger partial charge in [-0.2, -0.15) is 0 Å². The lowest BCUT2D eigenvalue weighted by Gasteiger charge is -2.16. The van der Waals surface area contributed by atoms with Crippen molar-refractivity contribution in [3.05, 3.63) is 35.9 Å². The first-order chi connectivity index (χ1) is 8.56. The van der Waals surface area contributed by atoms with Crippen molar-refractivity contribution in [1.29, 1.82) is 0 Å². The van der Waals surface area contributed by atoms with E-state index in [-0.39, 0.29) is 18.7 Å². The Bertz CT molecular complexity index is 289. The van der Waals surface area contributed by atoms with Crippen molar-refractivity contribution < 1.29 is 10.2 Å². The molecular weight excluding hydrogens is 228 g/mol. The summed E-state index contributed by atoms with van der Waals surface area (Å²) < 4.78 is 0. The van der Waals surface area contributed by atoms with Crippen LogP contribution in [0.3, 0.4) is 0 Å². The number of benzene rings is 1. The molecule has 0 saturated heterocycles. The minimum absolute atomic E-state index is 0.0648. The molecule has 6 N–H and O–H groups in total. The summed E-state index contributed by atoms with van der Waals surface area (Å²) in [6.07, 6.45) is 1.05. The molecule has 0 amide bonds. The number of aliphatic hydroxyl groups excluding tert-OH is 2. The normalized spacial score (nSPS) is 13.7. The van der Waals surface area contributed by atoms with E-state index in [1.54, 1.807) is 0 Å². The third kappa shape index (κ3) is 6.71. The van der Waals surface area contributed by atoms with Gasteiger partial charge in [0.15, 0.2) is 0 Å². The fraction of sp³-hybridized carbons (Fsp3) is 0.571. The predicted molar refractivity (Wildman–Crippen MR) is 75.0 cm³/mol. The maximum absolute atomic E-state index is 9.58. The van der Waals surface area contributed by atoms with Crippen LogP contribution in [0.1, 0.15) is 38.4 Å². The molecule has 2 unspecified atom stereocenters. The average Bonchev–Trinajstić information content (AvgIpc) is 2.46. The zero-order valence-electron chi connectivity index (χ0n) is 11.3. The number of aliphatic hydroxyl groups is 2. The minimum Gasteiger partial charge on any atom is -0.393 e. The van der Waals surface area contributed by atoms with Gasteiger partial charge in [-0.05, 0) is 18.4 Å². The molecule has 0 bridgehead atoms. The molecule has 1 aromatic carbocycles. The summed E-state index contributed by atoms with van der Waals surface area (Å²) in [6, 6.07) is 8.90. The van der Waals surface area contributed by atoms with E-state index in [0.29, 0.717) is 0 Å². The molecular formula is C14H26N2O2. The second kappa shape index (κ2) is 10.0. The van der Waals surface area contributed by atoms with Gasteiger partial charge >= 0.3 is 0 Å². The molecule has 18 heavy (non-hydrogen) atoms. The van der Waals surface area contributed by atoms with E-state index in [9.17, 15) is 5.11 Å². The molecule has 0 aliphatic carbocycles. The fourth-order valence-corrected chi connectivity index (χ4v) is 1.31. The summed E-state index contributed by atoms with van der Waals surface area (Å²) in [5.74, 6) is 0. The van der Waals surface area contributed by atoms with E-state index in [2.05, 4.69) is 0 Å². The highest BCUT2D eigenvalue weighted by molar-refractivity contribution is 5.18. The maximum Gasteiger partial charge on any atom is 0.0953 e. The van der Waals surface area contributed by atoms with Crippen molar-refractivity contribution in [3.63, 3.8) is 0 Å². The molecule has 4 nitrogen and oxygen atoms in total. The fourth-order valence-electron chi connectivity index (χ4n) is 1.31. The monoisotopic (exact) mass is 254 g/mol. The molecule has 0 fully saturated rings. The van der Waals surface area contributed by atoms with Crippen LogP contribution in [0.25, 0.3) is 0 Å². The second-order valence-electron chi connectivity index (χ2n) is 4.23. The molecule has 0 radical (unpaired) electrons. The van der Waals surface area contributed by atoms with Gasteiger partial charge in [-0.1, -0.05) is 44.2 Å². The number of rotatable bonds is 5. The van der Waals surface area contributed by atoms with E-state index in [0.717, 1.165) is 18.4 Å². The Kier molecular flexibility index (Phi) is 9.50. The summed E-state index contributed by atoms with van der Waals surface area (Å²) in [5, 5.41) is 18.3. The Morgan fingerprint density at radius 3 is 1.89 bits per heavy atom. The summed E-state index contributed by atoms with van der Waals surface area (Å²) in [6.45, 7) is 4.25. The van der Waals surface area contributed by atoms with E-state index in [1.165, 1.54) is 0 Å². The van der Waals surface area contributed by atoms with Crippen molar-refractivity contribution >= 4 is 0 Å². The first-order valence-electron chi connectivity index (χ1n) is 6.43. The number of hydrogen-bond acceptors (Lipinski definition) is 4. The van der Waals surface area contributed by atoms with E-state index < -0.39 is 6.10 Å². The number of hydrogen-bond donors (Lipinski definition) is 4. The quantitative estimate of drug-likeness (QED) is 0.634. The second-order valence-corrected chi connectivity index (χ2v) is 4.23. The lowest BCUT2D eigenvalue weighted by atomic mass is 10.0. The van der Waals surface area contributed by atoms with Gasteiger partial charge in [0.1, 0.15) is 0 Å². The summed E-state index contributed by atoms with van der Waals surface area (Å²) in [7, 11) is 0. The molecule has 0 aliphatic heterocycles. The van der Waals surface area contributed by atoms with Crippen molar-refractivity contribution in [2.24, 2.45) is 11.5 Å². The molecule has 0 aromatic heterocycles. The zero-order chi connectivity index (χ0) is 14.0. The molecule has 0 heterocycles. The lowest BCUT2D eigenvalue weighted by Crippen LogP contribution is -2.35. The van der Waals surface area contributed by atoms with Gasteiger partial charge in [-0.15, -0.1) is 0 Å². The number of nitrogens with two attached hydrogens (primary N) is 2. The molecule has 0 spiro atoms. The highest BCUT2D eigenvalue weighted by Crippen LogP contribution is 2.13. The molecule has 104 valence electrons. The SMILES string of the molecule is CCC(O)CC.NCC(N)C(O)c1ccccc1. The van der Waals surface area contributed by atoms with Crippen LogP contribution in [0.2, 0.25) is 0 Å². The van der Waals surface area contributed by atoms with E-state index >= 15 is 0 Å². The smallest absolute Gasteiger partial charge is 0.0953 e. The van der Waals surface area contributed by atoms with Crippen molar-refractivity contribution in [3.8, 4) is 0 Å². The van der Waals surface area contributed by atoms with Gasteiger partial charge in [0.25, 0.3) is 0 Å². The van der Waals surface area contributed by atoms with Gasteiger partial charge in [0.2, 0.25) is 0 Å². The van der Waals surface area contributed by atoms with Crippen LogP contribution >= 0.6 is 0 Å². The van der Waals surface area contributed by atoms with Crippen LogP contribution in [0.4, 0.5) is 0 Å². The van der Waals surface area contributed by atoms with E-state index in [4.69, 9.17) is 16.6 Å². The van der Waals surface area contributed by atoms with Gasteiger partial charge in [-0.25, -0.2) is 0 Å². The van der Waals surface area contributed by atoms with Crippen molar-refractivity contribution in [2.45, 2.75) is 44.9 Å². The standard InChI is InChI=1S/C9H14N2O.C5H12O/c10-6-8(11)9(12)7-4-2-1-3-5-7;1-3-5(6)4-2/h1-5,8-9,12H,6,10-11H2;5-6H,3-4H2,1-2H3. The first kappa shape index (κ1) is 17.1. The van der Waals surface area contributed by atoms with Crippen LogP contribution in [0, 0.1) is 0 Å². The zero-order valence-corrected chi connectivity index (χ0v) is 11.3. The van der Waals surface area contributed by atoms with Crippen LogP contribution in [0.5, 0.6) is 0 Å². The van der Waals surface area contributed by atoms with Crippen LogP contribution in [0.15, 0.2) is 30.3 Å². The van der Waals surface area contributed by atoms with Crippen molar-refractivity contribution in [2.75, 3.05) is 6.54 Å². The third-order valence-electron chi connectivity index (χ3n) is 2.76. The Morgan fingerprint density at radius 2 is 1.56 bits per heavy atom. The van der Waals surface area contributed by atoms with Crippen LogP contribution in [-0.2, 0) is 0 Å². The molecule has 0 saturated carbocycles. The molecule has 1 aromatic rings. The summed E-state index contributed by atoms with van der Waals surface area (Å²) >= 11 is 0. The largest absolute Gasteiger partial charge is 0.393 e. The lowest BCUT2D eigenvalue weighted by molar-refractivity contribution is 0.149. The predicted octanol–water partition coefficient (Wildman–Crippen LogP) is 1.17. The molecule has 2 atom stereocenters. The van der Waals surface area contributed by atoms with Gasteiger partial charge in [-0.3, -0.25) is 0 Å². The Balaban J connectivity index is 0.000000411. The van der Waals surface area contributed by atoms with Gasteiger partial charge in [0, 0.05) is 12.6 Å². The maximum atomic E-state index is 9.58. The Morgan fingerprint density at radius 1 is 1.06 bits per heavy atom. The topological polar surface area (TPSA) is 92.5 Å². The van der Waals surface area contributed by atoms with Gasteiger partial charge in [0.05, 0.1) is 12.2 Å². The molecule has 4 heteroatoms. The van der Waals surface area contributed by atoms with Crippen molar-refractivity contribution in [1.82, 2.24) is 0 Å². The minimum atomic E-state index is -0.656. The van der Waals surface area contributed by atoms with E-state index in [1.807, 2.05) is 44.2 Å². The highest BCUT2D eigenvalue weighted by atomic mass is 16.3. The molecule has 0 aliphatic rings. The molecule has 1 rings (SSSR count). The average molecular weight is 254 g/mol. The van der Waals surface area contributed by atoms with Crippen LogP contribution < -0.4 is 11.5 Å². The summed E-state index contributed by atoms with van der Waals surface area (Å²) in [5.41, 5.74) is 11.7. The van der Waals surface area contributed by atoms with Crippen LogP contribution in [-0.4, -0.2) is 28.9 Å². The third-order valence-corrected chi connectivity index (χ3v) is 2.76.